The number of carbonyl (C=O) groups excluding carboxylic acids is 1. The van der Waals surface area contributed by atoms with E-state index in [0.717, 1.165) is 0 Å². The summed E-state index contributed by atoms with van der Waals surface area (Å²) in [6.07, 6.45) is 0. The van der Waals surface area contributed by atoms with Gasteiger partial charge in [0.1, 0.15) is 5.52 Å². The summed E-state index contributed by atoms with van der Waals surface area (Å²) in [4.78, 5) is 15.0. The molecule has 1 aromatic heterocycles. The van der Waals surface area contributed by atoms with E-state index in [4.69, 9.17) is 18.5 Å². The van der Waals surface area contributed by atoms with E-state index in [1.165, 1.54) is 13.0 Å². The van der Waals surface area contributed by atoms with Crippen molar-refractivity contribution in [1.29, 1.82) is 0 Å². The minimum atomic E-state index is -0.692. The van der Waals surface area contributed by atoms with Crippen molar-refractivity contribution >= 4 is 29.7 Å². The SMILES string of the molecule is CC(=O)OCc1nc2cc(B3OC(C)(C)C(C)(C)O3)cc(F)c2o1. The fourth-order valence-electron chi connectivity index (χ4n) is 2.40. The fraction of sp³-hybridized carbons (Fsp3) is 0.500. The summed E-state index contributed by atoms with van der Waals surface area (Å²) in [7, 11) is -0.692. The van der Waals surface area contributed by atoms with Gasteiger partial charge in [0.05, 0.1) is 11.2 Å². The van der Waals surface area contributed by atoms with Crippen LogP contribution in [0, 0.1) is 5.82 Å². The molecule has 0 spiro atoms. The van der Waals surface area contributed by atoms with Crippen LogP contribution in [0.25, 0.3) is 11.1 Å². The highest BCUT2D eigenvalue weighted by Gasteiger charge is 2.51. The Morgan fingerprint density at radius 2 is 1.88 bits per heavy atom. The van der Waals surface area contributed by atoms with Gasteiger partial charge in [-0.05, 0) is 45.3 Å². The van der Waals surface area contributed by atoms with Gasteiger partial charge in [-0.25, -0.2) is 9.37 Å². The van der Waals surface area contributed by atoms with Crippen molar-refractivity contribution < 1.29 is 27.6 Å². The molecule has 1 aromatic carbocycles. The summed E-state index contributed by atoms with van der Waals surface area (Å²) in [6, 6.07) is 2.96. The molecule has 1 fully saturated rings. The molecular formula is C16H19BFNO5. The van der Waals surface area contributed by atoms with Crippen LogP contribution in [0.4, 0.5) is 4.39 Å². The molecule has 24 heavy (non-hydrogen) atoms. The third kappa shape index (κ3) is 2.91. The minimum absolute atomic E-state index is 0.0115. The van der Waals surface area contributed by atoms with E-state index in [0.29, 0.717) is 11.0 Å². The van der Waals surface area contributed by atoms with Gasteiger partial charge in [-0.1, -0.05) is 0 Å². The van der Waals surface area contributed by atoms with Gasteiger partial charge in [0.2, 0.25) is 5.89 Å². The average molecular weight is 335 g/mol. The summed E-state index contributed by atoms with van der Waals surface area (Å²) in [5.74, 6) is -0.903. The van der Waals surface area contributed by atoms with Crippen molar-refractivity contribution in [2.24, 2.45) is 0 Å². The Hall–Kier alpha value is -1.93. The van der Waals surface area contributed by atoms with Crippen LogP contribution in [0.5, 0.6) is 0 Å². The number of carbonyl (C=O) groups is 1. The first kappa shape index (κ1) is 16.9. The van der Waals surface area contributed by atoms with E-state index in [2.05, 4.69) is 4.98 Å². The molecule has 0 radical (unpaired) electrons. The average Bonchev–Trinajstić information content (AvgIpc) is 2.95. The lowest BCUT2D eigenvalue weighted by molar-refractivity contribution is -0.142. The van der Waals surface area contributed by atoms with Gasteiger partial charge in [-0.3, -0.25) is 4.79 Å². The van der Waals surface area contributed by atoms with Gasteiger partial charge in [-0.2, -0.15) is 0 Å². The van der Waals surface area contributed by atoms with Gasteiger partial charge in [0, 0.05) is 6.92 Å². The number of halogens is 1. The zero-order chi connectivity index (χ0) is 17.7. The Balaban J connectivity index is 1.92. The van der Waals surface area contributed by atoms with Crippen LogP contribution in [0.1, 0.15) is 40.5 Å². The maximum Gasteiger partial charge on any atom is 0.495 e. The molecule has 1 saturated heterocycles. The van der Waals surface area contributed by atoms with Crippen LogP contribution in [-0.2, 0) is 25.4 Å². The first-order chi connectivity index (χ1) is 11.1. The number of rotatable bonds is 3. The highest BCUT2D eigenvalue weighted by Crippen LogP contribution is 2.36. The number of hydrogen-bond donors (Lipinski definition) is 0. The number of esters is 1. The summed E-state index contributed by atoms with van der Waals surface area (Å²) < 4.78 is 36.3. The topological polar surface area (TPSA) is 70.8 Å². The van der Waals surface area contributed by atoms with Crippen molar-refractivity contribution in [3.8, 4) is 0 Å². The van der Waals surface area contributed by atoms with Gasteiger partial charge < -0.3 is 18.5 Å². The molecular weight excluding hydrogens is 316 g/mol. The van der Waals surface area contributed by atoms with E-state index >= 15 is 0 Å². The molecule has 0 bridgehead atoms. The maximum atomic E-state index is 14.3. The zero-order valence-corrected chi connectivity index (χ0v) is 14.3. The van der Waals surface area contributed by atoms with Gasteiger partial charge in [-0.15, -0.1) is 0 Å². The van der Waals surface area contributed by atoms with Crippen LogP contribution in [0.2, 0.25) is 0 Å². The Bertz CT molecular complexity index is 785. The summed E-state index contributed by atoms with van der Waals surface area (Å²) in [6.45, 7) is 8.84. The van der Waals surface area contributed by atoms with Crippen molar-refractivity contribution in [2.75, 3.05) is 0 Å². The number of oxazole rings is 1. The summed E-state index contributed by atoms with van der Waals surface area (Å²) in [5, 5.41) is 0. The Morgan fingerprint density at radius 1 is 1.25 bits per heavy atom. The largest absolute Gasteiger partial charge is 0.495 e. The second-order valence-corrected chi connectivity index (χ2v) is 6.83. The lowest BCUT2D eigenvalue weighted by Crippen LogP contribution is -2.41. The predicted octanol–water partition coefficient (Wildman–Crippen LogP) is 2.33. The van der Waals surface area contributed by atoms with E-state index in [1.54, 1.807) is 6.07 Å². The van der Waals surface area contributed by atoms with Crippen molar-refractivity contribution in [3.05, 3.63) is 23.8 Å². The molecule has 0 amide bonds. The van der Waals surface area contributed by atoms with E-state index < -0.39 is 30.1 Å². The monoisotopic (exact) mass is 335 g/mol. The van der Waals surface area contributed by atoms with E-state index in [1.807, 2.05) is 27.7 Å². The van der Waals surface area contributed by atoms with Gasteiger partial charge in [0.15, 0.2) is 18.0 Å². The predicted molar refractivity (Wildman–Crippen MR) is 85.2 cm³/mol. The van der Waals surface area contributed by atoms with Gasteiger partial charge in [0.25, 0.3) is 0 Å². The van der Waals surface area contributed by atoms with Crippen molar-refractivity contribution in [1.82, 2.24) is 4.98 Å². The van der Waals surface area contributed by atoms with Crippen LogP contribution in [-0.4, -0.2) is 29.3 Å². The van der Waals surface area contributed by atoms with Crippen LogP contribution in [0.3, 0.4) is 0 Å². The molecule has 3 rings (SSSR count). The fourth-order valence-corrected chi connectivity index (χ4v) is 2.40. The Kier molecular flexibility index (Phi) is 3.92. The molecule has 1 aliphatic rings. The highest BCUT2D eigenvalue weighted by molar-refractivity contribution is 6.62. The second kappa shape index (κ2) is 5.56. The Morgan fingerprint density at radius 3 is 2.46 bits per heavy atom. The Labute approximate surface area is 139 Å². The summed E-state index contributed by atoms with van der Waals surface area (Å²) in [5.41, 5.74) is -0.189. The molecule has 0 atom stereocenters. The standard InChI is InChI=1S/C16H19BFNO5/c1-9(20)21-8-13-19-12-7-10(6-11(18)14(12)22-13)17-23-15(2,3)16(4,5)24-17/h6-7H,8H2,1-5H3. The molecule has 128 valence electrons. The highest BCUT2D eigenvalue weighted by atomic mass is 19.1. The smallest absolute Gasteiger partial charge is 0.456 e. The molecule has 1 aliphatic heterocycles. The third-order valence-electron chi connectivity index (χ3n) is 4.44. The maximum absolute atomic E-state index is 14.3. The molecule has 0 aliphatic carbocycles. The normalized spacial score (nSPS) is 19.0. The van der Waals surface area contributed by atoms with E-state index in [9.17, 15) is 9.18 Å². The van der Waals surface area contributed by atoms with Gasteiger partial charge >= 0.3 is 13.1 Å². The number of fused-ring (bicyclic) bond motifs is 1. The molecule has 0 unspecified atom stereocenters. The van der Waals surface area contributed by atoms with Crippen molar-refractivity contribution in [2.45, 2.75) is 52.4 Å². The lowest BCUT2D eigenvalue weighted by Gasteiger charge is -2.32. The second-order valence-electron chi connectivity index (χ2n) is 6.83. The van der Waals surface area contributed by atoms with E-state index in [-0.39, 0.29) is 18.1 Å². The quantitative estimate of drug-likeness (QED) is 0.633. The third-order valence-corrected chi connectivity index (χ3v) is 4.44. The number of benzene rings is 1. The summed E-state index contributed by atoms with van der Waals surface area (Å²) >= 11 is 0. The molecule has 0 N–H and O–H groups in total. The van der Waals surface area contributed by atoms with Crippen LogP contribution in [0.15, 0.2) is 16.5 Å². The molecule has 8 heteroatoms. The zero-order valence-electron chi connectivity index (χ0n) is 14.3. The molecule has 0 saturated carbocycles. The number of hydrogen-bond acceptors (Lipinski definition) is 6. The van der Waals surface area contributed by atoms with Crippen LogP contribution >= 0.6 is 0 Å². The first-order valence-corrected chi connectivity index (χ1v) is 7.67. The molecule has 6 nitrogen and oxygen atoms in total. The number of nitrogens with zero attached hydrogens (tertiary/aromatic N) is 1. The number of ether oxygens (including phenoxy) is 1. The molecule has 2 heterocycles. The minimum Gasteiger partial charge on any atom is -0.456 e. The van der Waals surface area contributed by atoms with Crippen LogP contribution < -0.4 is 5.46 Å². The van der Waals surface area contributed by atoms with Crippen molar-refractivity contribution in [3.63, 3.8) is 0 Å². The first-order valence-electron chi connectivity index (χ1n) is 7.67. The molecule has 2 aromatic rings. The number of aromatic nitrogens is 1. The lowest BCUT2D eigenvalue weighted by atomic mass is 9.79.